The van der Waals surface area contributed by atoms with Crippen molar-refractivity contribution < 1.29 is 23.5 Å². The Hall–Kier alpha value is -4.42. The molecule has 12 heteroatoms. The molecule has 40 heavy (non-hydrogen) atoms. The highest BCUT2D eigenvalue weighted by molar-refractivity contribution is 8.00. The number of aliphatic hydroxyl groups is 1. The fourth-order valence-corrected chi connectivity index (χ4v) is 6.45. The van der Waals surface area contributed by atoms with Gasteiger partial charge >= 0.3 is 5.91 Å². The summed E-state index contributed by atoms with van der Waals surface area (Å²) in [6, 6.07) is 15.8. The molecule has 8 nitrogen and oxygen atoms in total. The van der Waals surface area contributed by atoms with Crippen LogP contribution in [0.4, 0.5) is 13.9 Å². The first kappa shape index (κ1) is 25.8. The molecule has 1 aliphatic heterocycles. The molecule has 1 fully saturated rings. The summed E-state index contributed by atoms with van der Waals surface area (Å²) < 4.78 is 30.5. The highest BCUT2D eigenvalue weighted by Crippen LogP contribution is 2.45. The first-order valence-electron chi connectivity index (χ1n) is 12.0. The number of hydrogen-bond donors (Lipinski definition) is 1. The van der Waals surface area contributed by atoms with Crippen LogP contribution in [-0.2, 0) is 15.3 Å². The van der Waals surface area contributed by atoms with E-state index >= 15 is 4.39 Å². The molecule has 1 aliphatic rings. The average molecular weight is 576 g/mol. The second-order valence-electron chi connectivity index (χ2n) is 8.93. The fraction of sp³-hybridized carbons (Fsp3) is 0.107. The summed E-state index contributed by atoms with van der Waals surface area (Å²) in [5.41, 5.74) is 1.79. The number of hydrogen-bond acceptors (Lipinski definition) is 8. The Kier molecular flexibility index (Phi) is 6.64. The first-order chi connectivity index (χ1) is 19.3. The monoisotopic (exact) mass is 575 g/mol. The van der Waals surface area contributed by atoms with Crippen LogP contribution in [0, 0.1) is 18.6 Å². The highest BCUT2D eigenvalue weighted by atomic mass is 32.2. The number of pyridine rings is 1. The van der Waals surface area contributed by atoms with Crippen LogP contribution in [0.15, 0.2) is 82.8 Å². The number of benzene rings is 2. The maximum absolute atomic E-state index is 15.2. The quantitative estimate of drug-likeness (QED) is 0.0913. The second kappa shape index (κ2) is 10.3. The van der Waals surface area contributed by atoms with Crippen molar-refractivity contribution >= 4 is 51.3 Å². The number of anilines is 1. The van der Waals surface area contributed by atoms with Crippen molar-refractivity contribution in [3.8, 4) is 0 Å². The van der Waals surface area contributed by atoms with Gasteiger partial charge in [-0.25, -0.2) is 13.8 Å². The third-order valence-corrected chi connectivity index (χ3v) is 8.58. The van der Waals surface area contributed by atoms with Crippen molar-refractivity contribution in [2.45, 2.75) is 23.1 Å². The minimum Gasteiger partial charge on any atom is -0.505 e. The van der Waals surface area contributed by atoms with E-state index in [1.165, 1.54) is 42.1 Å². The molecule has 6 rings (SSSR count). The van der Waals surface area contributed by atoms with Gasteiger partial charge in [0.2, 0.25) is 5.13 Å². The molecule has 0 aliphatic carbocycles. The van der Waals surface area contributed by atoms with E-state index in [1.54, 1.807) is 53.9 Å². The molecule has 1 N–H and O–H groups in total. The molecule has 200 valence electrons. The van der Waals surface area contributed by atoms with Crippen molar-refractivity contribution in [2.24, 2.45) is 0 Å². The number of imidazole rings is 1. The van der Waals surface area contributed by atoms with Crippen molar-refractivity contribution in [3.05, 3.63) is 113 Å². The van der Waals surface area contributed by atoms with Gasteiger partial charge in [0.25, 0.3) is 5.78 Å². The van der Waals surface area contributed by atoms with E-state index in [4.69, 9.17) is 0 Å². The molecule has 2 aromatic carbocycles. The maximum atomic E-state index is 15.2. The summed E-state index contributed by atoms with van der Waals surface area (Å²) in [5, 5.41) is 19.9. The van der Waals surface area contributed by atoms with Gasteiger partial charge in [-0.15, -0.1) is 10.2 Å². The van der Waals surface area contributed by atoms with Crippen molar-refractivity contribution in [1.82, 2.24) is 19.6 Å². The van der Waals surface area contributed by atoms with E-state index in [2.05, 4.69) is 15.2 Å². The fourth-order valence-electron chi connectivity index (χ4n) is 4.63. The number of thioether (sulfide) groups is 1. The molecule has 1 amide bonds. The van der Waals surface area contributed by atoms with E-state index in [0.29, 0.717) is 21.4 Å². The second-order valence-corrected chi connectivity index (χ2v) is 11.1. The number of aliphatic hydroxyl groups excluding tert-OH is 1. The van der Waals surface area contributed by atoms with E-state index in [0.717, 1.165) is 21.8 Å². The SMILES string of the molecule is Cc1nc2ccccn2c1C(O)=C1C(=O)C(=O)N(c2nnc(SCc3ccc(F)cc3)s2)C1c1ccccc1F. The van der Waals surface area contributed by atoms with E-state index < -0.39 is 29.3 Å². The van der Waals surface area contributed by atoms with E-state index in [-0.39, 0.29) is 27.8 Å². The number of nitrogens with zero attached hydrogens (tertiary/aromatic N) is 5. The predicted octanol–water partition coefficient (Wildman–Crippen LogP) is 5.69. The molecule has 1 saturated heterocycles. The van der Waals surface area contributed by atoms with Gasteiger partial charge in [-0.3, -0.25) is 18.9 Å². The molecule has 1 unspecified atom stereocenters. The number of carbonyl (C=O) groups excluding carboxylic acids is 2. The summed E-state index contributed by atoms with van der Waals surface area (Å²) >= 11 is 2.38. The predicted molar refractivity (Wildman–Crippen MR) is 147 cm³/mol. The standard InChI is InChI=1S/C28H19F2N5O3S2/c1-15-22(34-13-5-4-8-20(34)31-15)24(36)21-23(18-6-2-3-7-19(18)30)35(26(38)25(21)37)27-32-33-28(40-27)39-14-16-9-11-17(29)12-10-16/h2-13,23,36H,14H2,1H3. The molecule has 3 aromatic heterocycles. The van der Waals surface area contributed by atoms with Gasteiger partial charge in [-0.1, -0.05) is 59.5 Å². The molecular weight excluding hydrogens is 556 g/mol. The van der Waals surface area contributed by atoms with Gasteiger partial charge in [0.1, 0.15) is 29.0 Å². The maximum Gasteiger partial charge on any atom is 0.301 e. The zero-order valence-corrected chi connectivity index (χ0v) is 22.4. The summed E-state index contributed by atoms with van der Waals surface area (Å²) in [7, 11) is 0. The minimum atomic E-state index is -1.29. The lowest BCUT2D eigenvalue weighted by molar-refractivity contribution is -0.132. The molecule has 1 atom stereocenters. The van der Waals surface area contributed by atoms with E-state index in [1.807, 2.05) is 0 Å². The molecule has 0 radical (unpaired) electrons. The van der Waals surface area contributed by atoms with Gasteiger partial charge in [0.05, 0.1) is 11.3 Å². The Morgan fingerprint density at radius 1 is 1.02 bits per heavy atom. The number of amides is 1. The molecule has 0 saturated carbocycles. The summed E-state index contributed by atoms with van der Waals surface area (Å²) in [6.45, 7) is 1.67. The number of halogens is 2. The first-order valence-corrected chi connectivity index (χ1v) is 13.8. The molecule has 0 spiro atoms. The smallest absolute Gasteiger partial charge is 0.301 e. The molecular formula is C28H19F2N5O3S2. The van der Waals surface area contributed by atoms with Crippen LogP contribution < -0.4 is 4.90 Å². The van der Waals surface area contributed by atoms with Gasteiger partial charge in [-0.2, -0.15) is 0 Å². The minimum absolute atomic E-state index is 0.0189. The summed E-state index contributed by atoms with van der Waals surface area (Å²) in [6.07, 6.45) is 1.67. The highest BCUT2D eigenvalue weighted by Gasteiger charge is 2.49. The number of fused-ring (bicyclic) bond motifs is 1. The Labute approximate surface area is 234 Å². The van der Waals surface area contributed by atoms with Gasteiger partial charge < -0.3 is 5.11 Å². The third kappa shape index (κ3) is 4.44. The number of aryl methyl sites for hydroxylation is 1. The van der Waals surface area contributed by atoms with Crippen LogP contribution in [0.1, 0.15) is 28.6 Å². The van der Waals surface area contributed by atoms with Crippen LogP contribution in [-0.4, -0.2) is 36.4 Å². The topological polar surface area (TPSA) is 101 Å². The zero-order valence-electron chi connectivity index (χ0n) is 20.8. The summed E-state index contributed by atoms with van der Waals surface area (Å²) in [4.78, 5) is 32.4. The zero-order chi connectivity index (χ0) is 28.0. The number of ketones is 1. The van der Waals surface area contributed by atoms with Crippen LogP contribution in [0.3, 0.4) is 0 Å². The number of carbonyl (C=O) groups is 2. The van der Waals surface area contributed by atoms with E-state index in [9.17, 15) is 19.1 Å². The van der Waals surface area contributed by atoms with Crippen LogP contribution in [0.5, 0.6) is 0 Å². The number of rotatable bonds is 6. The number of aromatic nitrogens is 4. The van der Waals surface area contributed by atoms with Crippen LogP contribution in [0.25, 0.3) is 11.4 Å². The van der Waals surface area contributed by atoms with Crippen LogP contribution >= 0.6 is 23.1 Å². The third-order valence-electron chi connectivity index (χ3n) is 6.45. The normalized spacial score (nSPS) is 16.8. The van der Waals surface area contributed by atoms with Crippen molar-refractivity contribution in [1.29, 1.82) is 0 Å². The van der Waals surface area contributed by atoms with Gasteiger partial charge in [0.15, 0.2) is 10.1 Å². The van der Waals surface area contributed by atoms with Crippen molar-refractivity contribution in [3.63, 3.8) is 0 Å². The Balaban J connectivity index is 1.44. The molecule has 4 heterocycles. The van der Waals surface area contributed by atoms with Crippen LogP contribution in [0.2, 0.25) is 0 Å². The lowest BCUT2D eigenvalue weighted by Gasteiger charge is -2.22. The lowest BCUT2D eigenvalue weighted by Crippen LogP contribution is -2.29. The lowest BCUT2D eigenvalue weighted by atomic mass is 9.96. The Bertz CT molecular complexity index is 1820. The van der Waals surface area contributed by atoms with Gasteiger partial charge in [0, 0.05) is 17.5 Å². The summed E-state index contributed by atoms with van der Waals surface area (Å²) in [5.74, 6) is -2.94. The molecule has 5 aromatic rings. The Morgan fingerprint density at radius 3 is 2.55 bits per heavy atom. The number of Topliss-reactive ketones (excluding diaryl/α,β-unsaturated/α-hetero) is 1. The molecule has 0 bridgehead atoms. The van der Waals surface area contributed by atoms with Crippen molar-refractivity contribution in [2.75, 3.05) is 4.90 Å². The Morgan fingerprint density at radius 2 is 1.77 bits per heavy atom. The van der Waals surface area contributed by atoms with Gasteiger partial charge in [-0.05, 0) is 42.8 Å². The largest absolute Gasteiger partial charge is 0.505 e. The average Bonchev–Trinajstić information content (AvgIpc) is 3.62.